The van der Waals surface area contributed by atoms with Gasteiger partial charge in [-0.1, -0.05) is 0 Å². The molecule has 1 heterocycles. The molecule has 22 heavy (non-hydrogen) atoms. The van der Waals surface area contributed by atoms with Crippen LogP contribution in [-0.2, 0) is 0 Å². The van der Waals surface area contributed by atoms with Gasteiger partial charge in [-0.2, -0.15) is 9.97 Å². The smallest absolute Gasteiger partial charge is 0.320 e. The maximum absolute atomic E-state index is 11.5. The Morgan fingerprint density at radius 2 is 1.95 bits per heavy atom. The van der Waals surface area contributed by atoms with E-state index in [4.69, 9.17) is 15.2 Å². The third-order valence-corrected chi connectivity index (χ3v) is 2.83. The van der Waals surface area contributed by atoms with Crippen LogP contribution in [0.4, 0.5) is 5.69 Å². The van der Waals surface area contributed by atoms with Gasteiger partial charge in [-0.3, -0.25) is 14.9 Å². The number of nitrogens with zero attached hydrogens (tertiary/aromatic N) is 3. The molecule has 0 spiro atoms. The summed E-state index contributed by atoms with van der Waals surface area (Å²) in [5, 5.41) is 10.9. The van der Waals surface area contributed by atoms with E-state index >= 15 is 0 Å². The van der Waals surface area contributed by atoms with E-state index in [2.05, 4.69) is 9.97 Å². The highest BCUT2D eigenvalue weighted by Gasteiger charge is 2.18. The molecule has 0 radical (unpaired) electrons. The number of hydrogen-bond donors (Lipinski definition) is 1. The molecule has 9 nitrogen and oxygen atoms in total. The largest absolute Gasteiger partial charge is 0.481 e. The molecule has 0 bridgehead atoms. The normalized spacial score (nSPS) is 10.1. The molecule has 0 unspecified atom stereocenters. The quantitative estimate of drug-likeness (QED) is 0.647. The summed E-state index contributed by atoms with van der Waals surface area (Å²) in [6.45, 7) is 0. The number of methoxy groups -OCH3 is 2. The lowest BCUT2D eigenvalue weighted by Gasteiger charge is -2.09. The number of benzene rings is 1. The van der Waals surface area contributed by atoms with Crippen LogP contribution in [0, 0.1) is 10.1 Å². The van der Waals surface area contributed by atoms with Gasteiger partial charge in [0, 0.05) is 29.3 Å². The molecule has 0 aliphatic heterocycles. The van der Waals surface area contributed by atoms with Gasteiger partial charge in [-0.15, -0.1) is 0 Å². The van der Waals surface area contributed by atoms with E-state index in [1.54, 1.807) is 0 Å². The Kier molecular flexibility index (Phi) is 4.16. The van der Waals surface area contributed by atoms with E-state index in [0.717, 1.165) is 0 Å². The molecule has 0 saturated carbocycles. The lowest BCUT2D eigenvalue weighted by atomic mass is 10.0. The van der Waals surface area contributed by atoms with Crippen molar-refractivity contribution in [2.24, 2.45) is 5.73 Å². The minimum absolute atomic E-state index is 0.00345. The number of nitrogens with two attached hydrogens (primary N) is 1. The van der Waals surface area contributed by atoms with Gasteiger partial charge in [0.2, 0.25) is 11.8 Å². The number of non-ortho nitro benzene ring substituents is 1. The van der Waals surface area contributed by atoms with Crippen molar-refractivity contribution in [2.45, 2.75) is 0 Å². The molecule has 9 heteroatoms. The number of ether oxygens (including phenoxy) is 2. The van der Waals surface area contributed by atoms with Crippen LogP contribution in [0.5, 0.6) is 11.9 Å². The predicted molar refractivity (Wildman–Crippen MR) is 75.7 cm³/mol. The summed E-state index contributed by atoms with van der Waals surface area (Å²) in [5.41, 5.74) is 5.62. The average molecular weight is 304 g/mol. The zero-order valence-corrected chi connectivity index (χ0v) is 11.8. The number of primary amides is 1. The number of aromatic nitrogens is 2. The topological polar surface area (TPSA) is 130 Å². The third kappa shape index (κ3) is 2.92. The molecule has 2 aromatic rings. The van der Waals surface area contributed by atoms with Crippen molar-refractivity contribution in [3.05, 3.63) is 39.9 Å². The van der Waals surface area contributed by atoms with Crippen LogP contribution < -0.4 is 15.2 Å². The Hall–Kier alpha value is -3.23. The molecule has 1 amide bonds. The Morgan fingerprint density at radius 3 is 2.50 bits per heavy atom. The third-order valence-electron chi connectivity index (χ3n) is 2.83. The second-order valence-electron chi connectivity index (χ2n) is 4.13. The number of carbonyl (C=O) groups is 1. The summed E-state index contributed by atoms with van der Waals surface area (Å²) < 4.78 is 9.96. The lowest BCUT2D eigenvalue weighted by Crippen LogP contribution is -2.13. The molecular weight excluding hydrogens is 292 g/mol. The highest BCUT2D eigenvalue weighted by Crippen LogP contribution is 2.29. The number of amides is 1. The van der Waals surface area contributed by atoms with Crippen molar-refractivity contribution in [1.82, 2.24) is 9.97 Å². The molecule has 0 atom stereocenters. The molecule has 114 valence electrons. The number of carbonyl (C=O) groups excluding carboxylic acids is 1. The SMILES string of the molecule is COc1cc(-c2cc([N+](=O)[O-])ccc2C(N)=O)nc(OC)n1. The molecule has 0 aliphatic carbocycles. The van der Waals surface area contributed by atoms with Gasteiger partial charge in [-0.05, 0) is 6.07 Å². The Labute approximate surface area is 124 Å². The van der Waals surface area contributed by atoms with Crippen LogP contribution in [-0.4, -0.2) is 35.0 Å². The monoisotopic (exact) mass is 304 g/mol. The van der Waals surface area contributed by atoms with Crippen LogP contribution in [0.15, 0.2) is 24.3 Å². The van der Waals surface area contributed by atoms with E-state index in [1.807, 2.05) is 0 Å². The predicted octanol–water partition coefficient (Wildman–Crippen LogP) is 1.17. The molecule has 1 aromatic carbocycles. The average Bonchev–Trinajstić information content (AvgIpc) is 2.53. The van der Waals surface area contributed by atoms with Crippen molar-refractivity contribution >= 4 is 11.6 Å². The van der Waals surface area contributed by atoms with Gasteiger partial charge in [0.25, 0.3) is 5.69 Å². The fourth-order valence-electron chi connectivity index (χ4n) is 1.81. The first-order chi connectivity index (χ1) is 10.5. The standard InChI is InChI=1S/C13H12N4O5/c1-21-11-6-10(15-13(16-11)22-2)9-5-7(17(19)20)3-4-8(9)12(14)18/h3-6H,1-2H3,(H2,14,18). The fourth-order valence-corrected chi connectivity index (χ4v) is 1.81. The van der Waals surface area contributed by atoms with Crippen LogP contribution >= 0.6 is 0 Å². The van der Waals surface area contributed by atoms with Crippen LogP contribution in [0.3, 0.4) is 0 Å². The van der Waals surface area contributed by atoms with E-state index in [9.17, 15) is 14.9 Å². The van der Waals surface area contributed by atoms with E-state index in [-0.39, 0.29) is 34.4 Å². The van der Waals surface area contributed by atoms with Gasteiger partial charge in [-0.25, -0.2) is 0 Å². The second kappa shape index (κ2) is 6.04. The summed E-state index contributed by atoms with van der Waals surface area (Å²) in [6, 6.07) is 5.10. The minimum atomic E-state index is -0.735. The zero-order chi connectivity index (χ0) is 16.3. The summed E-state index contributed by atoms with van der Waals surface area (Å²) in [6.07, 6.45) is 0. The fraction of sp³-hybridized carbons (Fsp3) is 0.154. The Bertz CT molecular complexity index is 725. The molecule has 2 N–H and O–H groups in total. The first-order valence-electron chi connectivity index (χ1n) is 6.02. The minimum Gasteiger partial charge on any atom is -0.481 e. The van der Waals surface area contributed by atoms with Crippen molar-refractivity contribution in [3.63, 3.8) is 0 Å². The van der Waals surface area contributed by atoms with Crippen molar-refractivity contribution in [3.8, 4) is 23.1 Å². The van der Waals surface area contributed by atoms with E-state index in [0.29, 0.717) is 0 Å². The first kappa shape index (κ1) is 15.2. The molecule has 1 aromatic heterocycles. The maximum Gasteiger partial charge on any atom is 0.320 e. The van der Waals surface area contributed by atoms with E-state index in [1.165, 1.54) is 38.5 Å². The van der Waals surface area contributed by atoms with Crippen LogP contribution in [0.1, 0.15) is 10.4 Å². The molecular formula is C13H12N4O5. The summed E-state index contributed by atoms with van der Waals surface area (Å²) in [5.74, 6) is -0.551. The summed E-state index contributed by atoms with van der Waals surface area (Å²) >= 11 is 0. The lowest BCUT2D eigenvalue weighted by molar-refractivity contribution is -0.384. The van der Waals surface area contributed by atoms with Crippen molar-refractivity contribution in [2.75, 3.05) is 14.2 Å². The Morgan fingerprint density at radius 1 is 1.23 bits per heavy atom. The van der Waals surface area contributed by atoms with Gasteiger partial charge in [0.15, 0.2) is 0 Å². The second-order valence-corrected chi connectivity index (χ2v) is 4.13. The van der Waals surface area contributed by atoms with Gasteiger partial charge in [0.05, 0.1) is 24.8 Å². The number of nitro groups is 1. The van der Waals surface area contributed by atoms with Crippen molar-refractivity contribution < 1.29 is 19.2 Å². The number of hydrogen-bond acceptors (Lipinski definition) is 7. The number of rotatable bonds is 5. The molecule has 2 rings (SSSR count). The van der Waals surface area contributed by atoms with Crippen LogP contribution in [0.2, 0.25) is 0 Å². The highest BCUT2D eigenvalue weighted by atomic mass is 16.6. The number of nitro benzene ring substituents is 1. The van der Waals surface area contributed by atoms with Crippen LogP contribution in [0.25, 0.3) is 11.3 Å². The van der Waals surface area contributed by atoms with Gasteiger partial charge in [0.1, 0.15) is 0 Å². The highest BCUT2D eigenvalue weighted by molar-refractivity contribution is 6.00. The maximum atomic E-state index is 11.5. The molecule has 0 aliphatic rings. The summed E-state index contributed by atoms with van der Waals surface area (Å²) in [7, 11) is 2.76. The van der Waals surface area contributed by atoms with Gasteiger partial charge < -0.3 is 15.2 Å². The molecule has 0 fully saturated rings. The first-order valence-corrected chi connectivity index (χ1v) is 6.02. The Balaban J connectivity index is 2.71. The van der Waals surface area contributed by atoms with Crippen molar-refractivity contribution in [1.29, 1.82) is 0 Å². The van der Waals surface area contributed by atoms with E-state index < -0.39 is 10.8 Å². The van der Waals surface area contributed by atoms with Gasteiger partial charge >= 0.3 is 6.01 Å². The summed E-state index contributed by atoms with van der Waals surface area (Å²) in [4.78, 5) is 29.9. The molecule has 0 saturated heterocycles. The zero-order valence-electron chi connectivity index (χ0n) is 11.8.